The van der Waals surface area contributed by atoms with E-state index >= 15 is 0 Å². The molecule has 0 rings (SSSR count). The van der Waals surface area contributed by atoms with E-state index in [1.54, 1.807) is 76.2 Å². The Balaban J connectivity index is -0.0000000616. The van der Waals surface area contributed by atoms with Crippen LogP contribution in [0.5, 0.6) is 0 Å². The van der Waals surface area contributed by atoms with Crippen molar-refractivity contribution in [3.8, 4) is 0 Å². The van der Waals surface area contributed by atoms with Gasteiger partial charge in [-0.3, -0.25) is 0 Å². The topological polar surface area (TPSA) is 159 Å². The first-order valence-corrected chi connectivity index (χ1v) is 10.2. The summed E-state index contributed by atoms with van der Waals surface area (Å²) in [5, 5.41) is 57.4. The quantitative estimate of drug-likeness (QED) is 0.327. The molecule has 0 aromatic rings. The summed E-state index contributed by atoms with van der Waals surface area (Å²) in [6, 6.07) is 0. The van der Waals surface area contributed by atoms with Gasteiger partial charge in [0, 0.05) is 36.1 Å². The highest BCUT2D eigenvalue weighted by Gasteiger charge is 1.99. The highest BCUT2D eigenvalue weighted by molar-refractivity contribution is 5.85. The fourth-order valence-electron chi connectivity index (χ4n) is 0.435. The number of aliphatic hydroxyl groups excluding tert-OH is 6. The van der Waals surface area contributed by atoms with Crippen molar-refractivity contribution < 1.29 is 40.5 Å². The smallest absolute Gasteiger partial charge is 0.330 e. The Morgan fingerprint density at radius 3 is 0.867 bits per heavy atom. The van der Waals surface area contributed by atoms with Crippen LogP contribution in [0.1, 0.15) is 89.5 Å². The fraction of sp³-hybridized carbons (Fsp3) is 0.864. The van der Waals surface area contributed by atoms with Gasteiger partial charge in [0.15, 0.2) is 0 Å². The SMILES string of the molecule is CC(=CCC(C)O)C(=O)O.CC(C)O.CC(C)O.CC(C)O.CC(C)O.CC(C)O. The van der Waals surface area contributed by atoms with E-state index in [1.807, 2.05) is 0 Å². The maximum Gasteiger partial charge on any atom is 0.330 e. The lowest BCUT2D eigenvalue weighted by molar-refractivity contribution is -0.132. The van der Waals surface area contributed by atoms with E-state index < -0.39 is 12.1 Å². The van der Waals surface area contributed by atoms with E-state index in [-0.39, 0.29) is 36.1 Å². The van der Waals surface area contributed by atoms with Crippen molar-refractivity contribution in [1.29, 1.82) is 0 Å². The molecule has 0 bridgehead atoms. The molecule has 0 saturated carbocycles. The normalized spacial score (nSPS) is 11.0. The van der Waals surface area contributed by atoms with Gasteiger partial charge in [-0.05, 0) is 89.5 Å². The second-order valence-electron chi connectivity index (χ2n) is 7.75. The first kappa shape index (κ1) is 43.0. The molecule has 0 amide bonds. The predicted molar refractivity (Wildman–Crippen MR) is 124 cm³/mol. The summed E-state index contributed by atoms with van der Waals surface area (Å²) in [4.78, 5) is 10.2. The minimum absolute atomic E-state index is 0.167. The van der Waals surface area contributed by atoms with Gasteiger partial charge in [-0.2, -0.15) is 0 Å². The van der Waals surface area contributed by atoms with Gasteiger partial charge in [-0.1, -0.05) is 6.08 Å². The van der Waals surface area contributed by atoms with Crippen LogP contribution < -0.4 is 0 Å². The Morgan fingerprint density at radius 2 is 0.767 bits per heavy atom. The van der Waals surface area contributed by atoms with Crippen LogP contribution in [0, 0.1) is 0 Å². The monoisotopic (exact) mass is 444 g/mol. The number of aliphatic carboxylic acids is 1. The summed E-state index contributed by atoms with van der Waals surface area (Å²) in [6.07, 6.45) is 0.611. The molecule has 8 heteroatoms. The number of rotatable bonds is 3. The van der Waals surface area contributed by atoms with Crippen LogP contribution >= 0.6 is 0 Å². The van der Waals surface area contributed by atoms with Gasteiger partial charge in [-0.15, -0.1) is 0 Å². The molecule has 1 atom stereocenters. The van der Waals surface area contributed by atoms with E-state index in [0.29, 0.717) is 6.42 Å². The first-order valence-electron chi connectivity index (χ1n) is 10.2. The number of aliphatic hydroxyl groups is 6. The number of carbonyl (C=O) groups is 1. The molecule has 0 aromatic heterocycles. The molecular formula is C22H52O8. The average molecular weight is 445 g/mol. The van der Waals surface area contributed by atoms with Crippen molar-refractivity contribution in [3.05, 3.63) is 11.6 Å². The van der Waals surface area contributed by atoms with E-state index in [2.05, 4.69) is 0 Å². The molecular weight excluding hydrogens is 392 g/mol. The molecule has 1 unspecified atom stereocenters. The van der Waals surface area contributed by atoms with Crippen LogP contribution in [0.4, 0.5) is 0 Å². The lowest BCUT2D eigenvalue weighted by atomic mass is 10.2. The molecule has 0 saturated heterocycles. The predicted octanol–water partition coefficient (Wildman–Crippen LogP) is 2.72. The van der Waals surface area contributed by atoms with Crippen molar-refractivity contribution in [1.82, 2.24) is 0 Å². The average Bonchev–Trinajstić information content (AvgIpc) is 2.41. The van der Waals surface area contributed by atoms with E-state index in [0.717, 1.165) is 0 Å². The molecule has 30 heavy (non-hydrogen) atoms. The number of carboxylic acids is 1. The second kappa shape index (κ2) is 32.6. The zero-order valence-electron chi connectivity index (χ0n) is 21.3. The van der Waals surface area contributed by atoms with Gasteiger partial charge in [0.2, 0.25) is 0 Å². The summed E-state index contributed by atoms with van der Waals surface area (Å²) in [7, 11) is 0. The van der Waals surface area contributed by atoms with E-state index in [1.165, 1.54) is 13.0 Å². The van der Waals surface area contributed by atoms with Gasteiger partial charge in [0.25, 0.3) is 0 Å². The summed E-state index contributed by atoms with van der Waals surface area (Å²) in [5.41, 5.74) is 0.279. The minimum atomic E-state index is -0.930. The highest BCUT2D eigenvalue weighted by atomic mass is 16.4. The van der Waals surface area contributed by atoms with Crippen molar-refractivity contribution in [3.63, 3.8) is 0 Å². The third-order valence-electron chi connectivity index (χ3n) is 1.10. The number of carboxylic acid groups (broad SMARTS) is 1. The third-order valence-corrected chi connectivity index (χ3v) is 1.10. The Morgan fingerprint density at radius 1 is 0.600 bits per heavy atom. The molecule has 8 nitrogen and oxygen atoms in total. The van der Waals surface area contributed by atoms with Crippen LogP contribution in [0.25, 0.3) is 0 Å². The summed E-state index contributed by atoms with van der Waals surface area (Å²) < 4.78 is 0. The lowest BCUT2D eigenvalue weighted by Gasteiger charge is -1.97. The molecule has 0 aliphatic rings. The molecule has 0 fully saturated rings. The first-order chi connectivity index (χ1) is 13.2. The number of hydrogen-bond acceptors (Lipinski definition) is 7. The molecule has 0 heterocycles. The molecule has 7 N–H and O–H groups in total. The fourth-order valence-corrected chi connectivity index (χ4v) is 0.435. The summed E-state index contributed by atoms with van der Waals surface area (Å²) in [6.45, 7) is 20.3. The van der Waals surface area contributed by atoms with Crippen LogP contribution in [0.3, 0.4) is 0 Å². The van der Waals surface area contributed by atoms with Crippen LogP contribution in [-0.2, 0) is 4.79 Å². The molecule has 0 aliphatic heterocycles. The van der Waals surface area contributed by atoms with Crippen molar-refractivity contribution in [2.75, 3.05) is 0 Å². The Labute approximate surface area is 184 Å². The maximum atomic E-state index is 10.2. The van der Waals surface area contributed by atoms with Crippen LogP contribution in [0.2, 0.25) is 0 Å². The Bertz CT molecular complexity index is 287. The molecule has 0 spiro atoms. The zero-order chi connectivity index (χ0) is 26.0. The third kappa shape index (κ3) is 286. The van der Waals surface area contributed by atoms with E-state index in [9.17, 15) is 4.79 Å². The van der Waals surface area contributed by atoms with Gasteiger partial charge < -0.3 is 35.7 Å². The lowest BCUT2D eigenvalue weighted by Crippen LogP contribution is -2.00. The largest absolute Gasteiger partial charge is 0.478 e. The summed E-state index contributed by atoms with van der Waals surface area (Å²) >= 11 is 0. The maximum absolute atomic E-state index is 10.2. The summed E-state index contributed by atoms with van der Waals surface area (Å²) in [5.74, 6) is -0.930. The Hall–Kier alpha value is -1.03. The van der Waals surface area contributed by atoms with Crippen molar-refractivity contribution >= 4 is 5.97 Å². The van der Waals surface area contributed by atoms with Crippen molar-refractivity contribution in [2.24, 2.45) is 0 Å². The highest BCUT2D eigenvalue weighted by Crippen LogP contribution is 1.98. The molecule has 0 radical (unpaired) electrons. The van der Waals surface area contributed by atoms with Crippen LogP contribution in [0.15, 0.2) is 11.6 Å². The van der Waals surface area contributed by atoms with Crippen LogP contribution in [-0.4, -0.2) is 78.3 Å². The van der Waals surface area contributed by atoms with Gasteiger partial charge >= 0.3 is 5.97 Å². The van der Waals surface area contributed by atoms with Gasteiger partial charge in [0.05, 0.1) is 6.10 Å². The zero-order valence-corrected chi connectivity index (χ0v) is 21.3. The Kier molecular flexibility index (Phi) is 46.7. The number of hydrogen-bond donors (Lipinski definition) is 7. The molecule has 188 valence electrons. The molecule has 0 aromatic carbocycles. The van der Waals surface area contributed by atoms with Gasteiger partial charge in [-0.25, -0.2) is 4.79 Å². The van der Waals surface area contributed by atoms with Gasteiger partial charge in [0.1, 0.15) is 0 Å². The van der Waals surface area contributed by atoms with E-state index in [4.69, 9.17) is 35.7 Å². The minimum Gasteiger partial charge on any atom is -0.478 e. The molecule has 0 aliphatic carbocycles. The second-order valence-corrected chi connectivity index (χ2v) is 7.75. The van der Waals surface area contributed by atoms with Crippen molar-refractivity contribution in [2.45, 2.75) is 126 Å². The standard InChI is InChI=1S/C7H12O3.5C3H8O/c1-5(7(9)10)3-4-6(2)8;5*1-3(2)4/h3,6,8H,4H2,1-2H3,(H,9,10);5*3-4H,1-2H3.